The quantitative estimate of drug-likeness (QED) is 0.907. The fourth-order valence-corrected chi connectivity index (χ4v) is 1.72. The molecule has 0 atom stereocenters. The number of hydrogen-bond acceptors (Lipinski definition) is 3. The first-order chi connectivity index (χ1) is 8.20. The number of halogens is 1. The van der Waals surface area contributed by atoms with Crippen molar-refractivity contribution in [3.05, 3.63) is 52.4 Å². The fourth-order valence-electron chi connectivity index (χ4n) is 1.55. The van der Waals surface area contributed by atoms with Gasteiger partial charge in [0.1, 0.15) is 18.1 Å². The number of ether oxygens (including phenoxy) is 1. The molecule has 17 heavy (non-hydrogen) atoms. The first kappa shape index (κ1) is 12.0. The number of furan rings is 1. The average Bonchev–Trinajstić information content (AvgIpc) is 2.77. The minimum absolute atomic E-state index is 0.368. The Morgan fingerprint density at radius 3 is 2.94 bits per heavy atom. The first-order valence-electron chi connectivity index (χ1n) is 5.35. The molecule has 0 unspecified atom stereocenters. The molecular weight excluding hydrogens is 238 g/mol. The van der Waals surface area contributed by atoms with Gasteiger partial charge in [0.15, 0.2) is 0 Å². The third-order valence-electron chi connectivity index (χ3n) is 2.49. The van der Waals surface area contributed by atoms with Crippen LogP contribution in [0.25, 0.3) is 0 Å². The van der Waals surface area contributed by atoms with Crippen molar-refractivity contribution in [1.82, 2.24) is 0 Å². The lowest BCUT2D eigenvalue weighted by atomic mass is 10.2. The topological polar surface area (TPSA) is 48.4 Å². The summed E-state index contributed by atoms with van der Waals surface area (Å²) in [5.41, 5.74) is 7.60. The maximum atomic E-state index is 6.04. The molecule has 90 valence electrons. The van der Waals surface area contributed by atoms with Gasteiger partial charge in [-0.15, -0.1) is 0 Å². The molecule has 1 heterocycles. The van der Waals surface area contributed by atoms with Crippen LogP contribution in [-0.4, -0.2) is 0 Å². The molecule has 0 aliphatic heterocycles. The molecule has 2 rings (SSSR count). The maximum Gasteiger partial charge on any atom is 0.138 e. The summed E-state index contributed by atoms with van der Waals surface area (Å²) >= 11 is 6.04. The highest BCUT2D eigenvalue weighted by molar-refractivity contribution is 6.32. The zero-order chi connectivity index (χ0) is 12.3. The Balaban J connectivity index is 2.09. The Morgan fingerprint density at radius 2 is 2.18 bits per heavy atom. The van der Waals surface area contributed by atoms with E-state index in [1.54, 1.807) is 6.26 Å². The summed E-state index contributed by atoms with van der Waals surface area (Å²) in [5.74, 6) is 1.42. The lowest BCUT2D eigenvalue weighted by Gasteiger charge is -2.08. The van der Waals surface area contributed by atoms with Gasteiger partial charge in [-0.1, -0.05) is 17.7 Å². The number of hydrogen-bond donors (Lipinski definition) is 1. The summed E-state index contributed by atoms with van der Waals surface area (Å²) < 4.78 is 10.9. The monoisotopic (exact) mass is 251 g/mol. The molecule has 0 saturated heterocycles. The van der Waals surface area contributed by atoms with Crippen molar-refractivity contribution < 1.29 is 9.15 Å². The van der Waals surface area contributed by atoms with Crippen molar-refractivity contribution >= 4 is 11.6 Å². The van der Waals surface area contributed by atoms with Crippen LogP contribution < -0.4 is 10.5 Å². The van der Waals surface area contributed by atoms with Gasteiger partial charge >= 0.3 is 0 Å². The van der Waals surface area contributed by atoms with Crippen LogP contribution in [0.2, 0.25) is 5.02 Å². The van der Waals surface area contributed by atoms with Crippen LogP contribution in [-0.2, 0) is 13.2 Å². The van der Waals surface area contributed by atoms with Crippen LogP contribution >= 0.6 is 11.6 Å². The SMILES string of the molecule is Cc1ccc(Cl)c(OCc2ccoc2CN)c1. The van der Waals surface area contributed by atoms with E-state index in [0.29, 0.717) is 23.9 Å². The van der Waals surface area contributed by atoms with Crippen molar-refractivity contribution in [2.24, 2.45) is 5.73 Å². The van der Waals surface area contributed by atoms with E-state index >= 15 is 0 Å². The molecule has 0 spiro atoms. The zero-order valence-electron chi connectivity index (χ0n) is 9.57. The Labute approximate surface area is 105 Å². The summed E-state index contributed by atoms with van der Waals surface area (Å²) in [4.78, 5) is 0. The van der Waals surface area contributed by atoms with E-state index in [-0.39, 0.29) is 0 Å². The van der Waals surface area contributed by atoms with E-state index in [1.165, 1.54) is 0 Å². The average molecular weight is 252 g/mol. The lowest BCUT2D eigenvalue weighted by Crippen LogP contribution is -2.02. The van der Waals surface area contributed by atoms with Gasteiger partial charge in [0.25, 0.3) is 0 Å². The van der Waals surface area contributed by atoms with Crippen LogP contribution in [0.4, 0.5) is 0 Å². The summed E-state index contributed by atoms with van der Waals surface area (Å²) in [5, 5.41) is 0.605. The molecule has 4 heteroatoms. The zero-order valence-corrected chi connectivity index (χ0v) is 10.3. The smallest absolute Gasteiger partial charge is 0.138 e. The predicted molar refractivity (Wildman–Crippen MR) is 67.1 cm³/mol. The molecule has 2 aromatic rings. The fraction of sp³-hybridized carbons (Fsp3) is 0.231. The highest BCUT2D eigenvalue weighted by Crippen LogP contribution is 2.26. The summed E-state index contributed by atoms with van der Waals surface area (Å²) in [6, 6.07) is 7.53. The third kappa shape index (κ3) is 2.81. The first-order valence-corrected chi connectivity index (χ1v) is 5.72. The van der Waals surface area contributed by atoms with Crippen molar-refractivity contribution in [2.75, 3.05) is 0 Å². The highest BCUT2D eigenvalue weighted by atomic mass is 35.5. The Kier molecular flexibility index (Phi) is 3.71. The van der Waals surface area contributed by atoms with Gasteiger partial charge in [-0.05, 0) is 30.7 Å². The minimum Gasteiger partial charge on any atom is -0.487 e. The molecule has 0 saturated carbocycles. The third-order valence-corrected chi connectivity index (χ3v) is 2.81. The van der Waals surface area contributed by atoms with Gasteiger partial charge in [0, 0.05) is 5.56 Å². The summed E-state index contributed by atoms with van der Waals surface area (Å²) in [6.07, 6.45) is 1.61. The molecule has 2 N–H and O–H groups in total. The second-order valence-electron chi connectivity index (χ2n) is 3.80. The van der Waals surface area contributed by atoms with E-state index < -0.39 is 0 Å². The van der Waals surface area contributed by atoms with E-state index in [2.05, 4.69) is 0 Å². The molecule has 3 nitrogen and oxygen atoms in total. The standard InChI is InChI=1S/C13H14ClNO2/c1-9-2-3-11(14)12(6-9)17-8-10-4-5-16-13(10)7-15/h2-6H,7-8,15H2,1H3. The summed E-state index contributed by atoms with van der Waals surface area (Å²) in [7, 11) is 0. The van der Waals surface area contributed by atoms with Crippen molar-refractivity contribution in [3.63, 3.8) is 0 Å². The Morgan fingerprint density at radius 1 is 1.35 bits per heavy atom. The number of nitrogens with two attached hydrogens (primary N) is 1. The molecule has 0 bridgehead atoms. The Bertz CT molecular complexity index is 508. The number of aryl methyl sites for hydroxylation is 1. The van der Waals surface area contributed by atoms with Gasteiger partial charge in [-0.3, -0.25) is 0 Å². The minimum atomic E-state index is 0.368. The van der Waals surface area contributed by atoms with Crippen LogP contribution in [0.3, 0.4) is 0 Å². The molecule has 0 amide bonds. The molecule has 0 aliphatic carbocycles. The molecule has 0 fully saturated rings. The van der Waals surface area contributed by atoms with Crippen molar-refractivity contribution in [1.29, 1.82) is 0 Å². The molecule has 0 aliphatic rings. The van der Waals surface area contributed by atoms with Gasteiger partial charge in [0.2, 0.25) is 0 Å². The van der Waals surface area contributed by atoms with Crippen LogP contribution in [0, 0.1) is 6.92 Å². The summed E-state index contributed by atoms with van der Waals surface area (Å²) in [6.45, 7) is 2.77. The molecule has 1 aromatic heterocycles. The van der Waals surface area contributed by atoms with E-state index in [1.807, 2.05) is 31.2 Å². The van der Waals surface area contributed by atoms with E-state index in [9.17, 15) is 0 Å². The van der Waals surface area contributed by atoms with Crippen LogP contribution in [0.5, 0.6) is 5.75 Å². The van der Waals surface area contributed by atoms with Crippen molar-refractivity contribution in [3.8, 4) is 5.75 Å². The van der Waals surface area contributed by atoms with Crippen LogP contribution in [0.15, 0.2) is 34.9 Å². The van der Waals surface area contributed by atoms with Gasteiger partial charge in [0.05, 0.1) is 17.8 Å². The lowest BCUT2D eigenvalue weighted by molar-refractivity contribution is 0.302. The largest absolute Gasteiger partial charge is 0.487 e. The van der Waals surface area contributed by atoms with Gasteiger partial charge in [-0.2, -0.15) is 0 Å². The Hall–Kier alpha value is -1.45. The second-order valence-corrected chi connectivity index (χ2v) is 4.20. The molecule has 1 aromatic carbocycles. The van der Waals surface area contributed by atoms with E-state index in [0.717, 1.165) is 16.9 Å². The highest BCUT2D eigenvalue weighted by Gasteiger charge is 2.07. The van der Waals surface area contributed by atoms with Gasteiger partial charge < -0.3 is 14.9 Å². The predicted octanol–water partition coefficient (Wildman–Crippen LogP) is 3.28. The number of benzene rings is 1. The number of rotatable bonds is 4. The normalized spacial score (nSPS) is 10.5. The van der Waals surface area contributed by atoms with Gasteiger partial charge in [-0.25, -0.2) is 0 Å². The van der Waals surface area contributed by atoms with E-state index in [4.69, 9.17) is 26.5 Å². The maximum absolute atomic E-state index is 6.04. The molecular formula is C13H14ClNO2. The van der Waals surface area contributed by atoms with Crippen molar-refractivity contribution in [2.45, 2.75) is 20.1 Å². The van der Waals surface area contributed by atoms with Crippen LogP contribution in [0.1, 0.15) is 16.9 Å². The molecule has 0 radical (unpaired) electrons. The second kappa shape index (κ2) is 5.25.